The molecule has 1 aliphatic rings. The van der Waals surface area contributed by atoms with E-state index in [0.29, 0.717) is 12.1 Å². The van der Waals surface area contributed by atoms with Crippen LogP contribution in [0.5, 0.6) is 0 Å². The highest BCUT2D eigenvalue weighted by Crippen LogP contribution is 2.35. The van der Waals surface area contributed by atoms with Gasteiger partial charge in [0.05, 0.1) is 5.56 Å². The van der Waals surface area contributed by atoms with Gasteiger partial charge in [0.25, 0.3) is 0 Å². The molecule has 0 aromatic heterocycles. The lowest BCUT2D eigenvalue weighted by Gasteiger charge is -2.23. The van der Waals surface area contributed by atoms with Gasteiger partial charge in [-0.2, -0.15) is 13.2 Å². The summed E-state index contributed by atoms with van der Waals surface area (Å²) in [4.78, 5) is 11.2. The minimum atomic E-state index is -4.34. The highest BCUT2D eigenvalue weighted by atomic mass is 19.4. The number of hydrogen-bond acceptors (Lipinski definition) is 1. The van der Waals surface area contributed by atoms with Crippen molar-refractivity contribution in [1.29, 1.82) is 0 Å². The number of hydrogen-bond donors (Lipinski definition) is 1. The predicted octanol–water partition coefficient (Wildman–Crippen LogP) is 2.48. The van der Waals surface area contributed by atoms with Crippen molar-refractivity contribution >= 4 is 5.91 Å². The van der Waals surface area contributed by atoms with Crippen molar-refractivity contribution in [2.75, 3.05) is 6.54 Å². The van der Waals surface area contributed by atoms with Crippen LogP contribution < -0.4 is 5.32 Å². The van der Waals surface area contributed by atoms with E-state index >= 15 is 0 Å². The van der Waals surface area contributed by atoms with E-state index < -0.39 is 17.2 Å². The van der Waals surface area contributed by atoms with Crippen molar-refractivity contribution in [2.45, 2.75) is 24.9 Å². The molecule has 5 heteroatoms. The van der Waals surface area contributed by atoms with Gasteiger partial charge in [0.15, 0.2) is 0 Å². The number of amides is 1. The van der Waals surface area contributed by atoms with Crippen LogP contribution in [0.25, 0.3) is 0 Å². The molecule has 2 rings (SSSR count). The van der Waals surface area contributed by atoms with Crippen LogP contribution in [0.15, 0.2) is 24.3 Å². The lowest BCUT2D eigenvalue weighted by Crippen LogP contribution is -2.25. The number of rotatable bonds is 1. The van der Waals surface area contributed by atoms with Gasteiger partial charge in [-0.1, -0.05) is 25.1 Å². The van der Waals surface area contributed by atoms with Crippen LogP contribution in [0, 0.1) is 0 Å². The molecular weight excluding hydrogens is 231 g/mol. The topological polar surface area (TPSA) is 29.1 Å². The van der Waals surface area contributed by atoms with Crippen LogP contribution in [0.3, 0.4) is 0 Å². The molecule has 17 heavy (non-hydrogen) atoms. The van der Waals surface area contributed by atoms with E-state index in [1.807, 2.05) is 0 Å². The summed E-state index contributed by atoms with van der Waals surface area (Å²) in [7, 11) is 0. The van der Waals surface area contributed by atoms with E-state index in [4.69, 9.17) is 0 Å². The second kappa shape index (κ2) is 3.75. The molecule has 1 atom stereocenters. The van der Waals surface area contributed by atoms with Gasteiger partial charge in [0.1, 0.15) is 0 Å². The average molecular weight is 243 g/mol. The first-order valence-electron chi connectivity index (χ1n) is 5.26. The van der Waals surface area contributed by atoms with Crippen LogP contribution in [-0.2, 0) is 16.4 Å². The van der Waals surface area contributed by atoms with E-state index in [-0.39, 0.29) is 12.3 Å². The fourth-order valence-corrected chi connectivity index (χ4v) is 2.05. The molecule has 1 amide bonds. The molecule has 1 aromatic carbocycles. The highest BCUT2D eigenvalue weighted by Gasteiger charge is 2.37. The van der Waals surface area contributed by atoms with Gasteiger partial charge >= 0.3 is 6.18 Å². The predicted molar refractivity (Wildman–Crippen MR) is 56.4 cm³/mol. The first kappa shape index (κ1) is 12.0. The van der Waals surface area contributed by atoms with Crippen LogP contribution in [0.1, 0.15) is 24.5 Å². The van der Waals surface area contributed by atoms with E-state index in [1.54, 1.807) is 13.0 Å². The molecule has 92 valence electrons. The fourth-order valence-electron chi connectivity index (χ4n) is 2.05. The van der Waals surface area contributed by atoms with Crippen molar-refractivity contribution in [3.63, 3.8) is 0 Å². The Morgan fingerprint density at radius 1 is 1.35 bits per heavy atom. The number of alkyl halides is 3. The van der Waals surface area contributed by atoms with Crippen molar-refractivity contribution in [1.82, 2.24) is 5.32 Å². The monoisotopic (exact) mass is 243 g/mol. The zero-order valence-electron chi connectivity index (χ0n) is 9.27. The minimum Gasteiger partial charge on any atom is -0.355 e. The Bertz CT molecular complexity index is 455. The third-order valence-electron chi connectivity index (χ3n) is 3.11. The van der Waals surface area contributed by atoms with Gasteiger partial charge in [-0.15, -0.1) is 0 Å². The largest absolute Gasteiger partial charge is 0.416 e. The van der Waals surface area contributed by atoms with E-state index in [0.717, 1.165) is 12.1 Å². The third kappa shape index (κ3) is 2.28. The maximum atomic E-state index is 12.6. The summed E-state index contributed by atoms with van der Waals surface area (Å²) < 4.78 is 37.7. The lowest BCUT2D eigenvalue weighted by atomic mass is 9.81. The lowest BCUT2D eigenvalue weighted by molar-refractivity contribution is -0.137. The Morgan fingerprint density at radius 2 is 2.06 bits per heavy atom. The number of halogens is 3. The first-order chi connectivity index (χ1) is 7.81. The summed E-state index contributed by atoms with van der Waals surface area (Å²) in [6.45, 7) is 2.17. The molecule has 2 nitrogen and oxygen atoms in total. The molecule has 1 N–H and O–H groups in total. The van der Waals surface area contributed by atoms with Gasteiger partial charge in [0, 0.05) is 18.4 Å². The van der Waals surface area contributed by atoms with Gasteiger partial charge in [-0.05, 0) is 11.6 Å². The molecule has 1 aromatic rings. The van der Waals surface area contributed by atoms with Gasteiger partial charge in [-0.3, -0.25) is 4.79 Å². The zero-order valence-corrected chi connectivity index (χ0v) is 9.27. The molecule has 0 radical (unpaired) electrons. The van der Waals surface area contributed by atoms with Crippen LogP contribution in [-0.4, -0.2) is 12.5 Å². The molecule has 0 spiro atoms. The standard InChI is InChI=1S/C12H12F3NO/c1-11(6-10(17)16-7-11)8-3-2-4-9(5-8)12(13,14)15/h2-5H,6-7H2,1H3,(H,16,17). The molecule has 1 heterocycles. The van der Waals surface area contributed by atoms with E-state index in [1.165, 1.54) is 6.07 Å². The van der Waals surface area contributed by atoms with Gasteiger partial charge in [-0.25, -0.2) is 0 Å². The molecular formula is C12H12F3NO. The second-order valence-electron chi connectivity index (χ2n) is 4.59. The Labute approximate surface area is 96.8 Å². The summed E-state index contributed by atoms with van der Waals surface area (Å²) in [6, 6.07) is 5.18. The van der Waals surface area contributed by atoms with E-state index in [2.05, 4.69) is 5.32 Å². The molecule has 1 saturated heterocycles. The van der Waals surface area contributed by atoms with Crippen molar-refractivity contribution in [3.05, 3.63) is 35.4 Å². The zero-order chi connectivity index (χ0) is 12.7. The van der Waals surface area contributed by atoms with Crippen LogP contribution >= 0.6 is 0 Å². The Hall–Kier alpha value is -1.52. The van der Waals surface area contributed by atoms with Crippen LogP contribution in [0.4, 0.5) is 13.2 Å². The Kier molecular flexibility index (Phi) is 2.64. The highest BCUT2D eigenvalue weighted by molar-refractivity contribution is 5.80. The van der Waals surface area contributed by atoms with Gasteiger partial charge in [0.2, 0.25) is 5.91 Å². The second-order valence-corrected chi connectivity index (χ2v) is 4.59. The first-order valence-corrected chi connectivity index (χ1v) is 5.26. The summed E-state index contributed by atoms with van der Waals surface area (Å²) >= 11 is 0. The fraction of sp³-hybridized carbons (Fsp3) is 0.417. The number of carbonyl (C=O) groups excluding carboxylic acids is 1. The number of nitrogens with one attached hydrogen (secondary N) is 1. The molecule has 0 saturated carbocycles. The maximum absolute atomic E-state index is 12.6. The minimum absolute atomic E-state index is 0.120. The van der Waals surface area contributed by atoms with E-state index in [9.17, 15) is 18.0 Å². The molecule has 1 unspecified atom stereocenters. The van der Waals surface area contributed by atoms with Crippen molar-refractivity contribution < 1.29 is 18.0 Å². The summed E-state index contributed by atoms with van der Waals surface area (Å²) in [5.74, 6) is -0.120. The average Bonchev–Trinajstić information content (AvgIpc) is 2.59. The van der Waals surface area contributed by atoms with Crippen LogP contribution in [0.2, 0.25) is 0 Å². The Morgan fingerprint density at radius 3 is 2.59 bits per heavy atom. The molecule has 1 fully saturated rings. The summed E-state index contributed by atoms with van der Waals surface area (Å²) in [6.07, 6.45) is -4.11. The SMILES string of the molecule is CC1(c2cccc(C(F)(F)F)c2)CNC(=O)C1. The van der Waals surface area contributed by atoms with Crippen molar-refractivity contribution in [3.8, 4) is 0 Å². The molecule has 0 bridgehead atoms. The maximum Gasteiger partial charge on any atom is 0.416 e. The molecule has 0 aliphatic carbocycles. The third-order valence-corrected chi connectivity index (χ3v) is 3.11. The summed E-state index contributed by atoms with van der Waals surface area (Å²) in [5, 5.41) is 2.65. The number of benzene rings is 1. The normalized spacial score (nSPS) is 24.8. The molecule has 1 aliphatic heterocycles. The van der Waals surface area contributed by atoms with Gasteiger partial charge < -0.3 is 5.32 Å². The smallest absolute Gasteiger partial charge is 0.355 e. The Balaban J connectivity index is 2.37. The quantitative estimate of drug-likeness (QED) is 0.806. The van der Waals surface area contributed by atoms with Crippen molar-refractivity contribution in [2.24, 2.45) is 0 Å². The summed E-state index contributed by atoms with van der Waals surface area (Å²) in [5.41, 5.74) is -0.667. The number of carbonyl (C=O) groups is 1.